The van der Waals surface area contributed by atoms with Crippen LogP contribution in [0.4, 0.5) is 4.79 Å². The topological polar surface area (TPSA) is 32.7 Å². The molecule has 1 fully saturated rings. The van der Waals surface area contributed by atoms with E-state index < -0.39 is 0 Å². The molecule has 3 nitrogen and oxygen atoms in total. The molecule has 3 rings (SSSR count). The van der Waals surface area contributed by atoms with Gasteiger partial charge >= 0.3 is 0 Å². The molecule has 1 saturated heterocycles. The van der Waals surface area contributed by atoms with Crippen molar-refractivity contribution in [1.29, 1.82) is 0 Å². The smallest absolute Gasteiger partial charge is 0.281 e. The summed E-state index contributed by atoms with van der Waals surface area (Å²) in [5, 5.41) is 0.921. The number of carbonyl (C=O) groups is 1. The first-order chi connectivity index (χ1) is 11.8. The third kappa shape index (κ3) is 4.22. The van der Waals surface area contributed by atoms with Crippen LogP contribution in [0.5, 0.6) is 0 Å². The highest BCUT2D eigenvalue weighted by Crippen LogP contribution is 2.28. The summed E-state index contributed by atoms with van der Waals surface area (Å²) >= 11 is 2.92. The first-order valence-electron chi connectivity index (χ1n) is 7.93. The minimum atomic E-state index is 0.0198. The molecular formula is C19H20N2OS2. The number of rotatable bonds is 4. The van der Waals surface area contributed by atoms with Gasteiger partial charge in [0.25, 0.3) is 5.24 Å². The highest BCUT2D eigenvalue weighted by Gasteiger charge is 2.26. The number of nitrogens with zero attached hydrogens (tertiary/aromatic N) is 2. The van der Waals surface area contributed by atoms with Crippen LogP contribution in [0.15, 0.2) is 65.7 Å². The average Bonchev–Trinajstić information content (AvgIpc) is 3.10. The van der Waals surface area contributed by atoms with E-state index in [1.165, 1.54) is 22.9 Å². The molecule has 0 bridgehead atoms. The van der Waals surface area contributed by atoms with E-state index >= 15 is 0 Å². The maximum absolute atomic E-state index is 12.1. The zero-order chi connectivity index (χ0) is 16.8. The molecule has 1 aliphatic rings. The van der Waals surface area contributed by atoms with Gasteiger partial charge in [0.1, 0.15) is 0 Å². The number of amides is 1. The fraction of sp³-hybridized carbons (Fsp3) is 0.263. The van der Waals surface area contributed by atoms with Crippen molar-refractivity contribution < 1.29 is 4.79 Å². The minimum Gasteiger partial charge on any atom is -0.281 e. The van der Waals surface area contributed by atoms with Crippen LogP contribution in [-0.2, 0) is 6.42 Å². The van der Waals surface area contributed by atoms with Crippen molar-refractivity contribution in [3.05, 3.63) is 71.8 Å². The van der Waals surface area contributed by atoms with E-state index in [-0.39, 0.29) is 11.3 Å². The lowest BCUT2D eigenvalue weighted by Gasteiger charge is -2.18. The number of carbonyl (C=O) groups excluding carboxylic acids is 1. The summed E-state index contributed by atoms with van der Waals surface area (Å²) < 4.78 is 0. The Labute approximate surface area is 151 Å². The third-order valence-corrected chi connectivity index (χ3v) is 5.43. The van der Waals surface area contributed by atoms with Gasteiger partial charge in [-0.3, -0.25) is 14.7 Å². The molecular weight excluding hydrogens is 336 g/mol. The molecule has 1 unspecified atom stereocenters. The van der Waals surface area contributed by atoms with E-state index in [9.17, 15) is 4.79 Å². The van der Waals surface area contributed by atoms with Gasteiger partial charge in [-0.2, -0.15) is 0 Å². The van der Waals surface area contributed by atoms with E-state index in [1.807, 2.05) is 30.5 Å². The van der Waals surface area contributed by atoms with Gasteiger partial charge in [-0.25, -0.2) is 0 Å². The average molecular weight is 357 g/mol. The van der Waals surface area contributed by atoms with Crippen LogP contribution in [-0.4, -0.2) is 33.9 Å². The van der Waals surface area contributed by atoms with Crippen molar-refractivity contribution in [3.63, 3.8) is 0 Å². The van der Waals surface area contributed by atoms with E-state index in [0.717, 1.165) is 23.9 Å². The number of aliphatic imine (C=N–C) groups is 1. The largest absolute Gasteiger partial charge is 0.287 e. The predicted molar refractivity (Wildman–Crippen MR) is 105 cm³/mol. The maximum Gasteiger partial charge on any atom is 0.287 e. The fourth-order valence-corrected chi connectivity index (χ4v) is 4.12. The highest BCUT2D eigenvalue weighted by atomic mass is 32.2. The maximum atomic E-state index is 12.1. The molecule has 0 saturated carbocycles. The van der Waals surface area contributed by atoms with E-state index in [0.29, 0.717) is 0 Å². The molecule has 0 radical (unpaired) electrons. The number of amidine groups is 1. The zero-order valence-corrected chi connectivity index (χ0v) is 15.2. The van der Waals surface area contributed by atoms with E-state index in [1.54, 1.807) is 16.7 Å². The molecule has 1 heterocycles. The van der Waals surface area contributed by atoms with Crippen molar-refractivity contribution in [1.82, 2.24) is 4.90 Å². The van der Waals surface area contributed by atoms with Gasteiger partial charge in [0.15, 0.2) is 5.17 Å². The molecule has 0 aromatic heterocycles. The Balaban J connectivity index is 1.90. The summed E-state index contributed by atoms with van der Waals surface area (Å²) in [6, 6.07) is 20.7. The molecule has 0 N–H and O–H groups in total. The summed E-state index contributed by atoms with van der Waals surface area (Å²) in [5.41, 5.74) is 2.43. The van der Waals surface area contributed by atoms with Crippen LogP contribution >= 0.6 is 23.5 Å². The summed E-state index contributed by atoms with van der Waals surface area (Å²) in [7, 11) is 0. The van der Waals surface area contributed by atoms with Crippen LogP contribution < -0.4 is 0 Å². The van der Waals surface area contributed by atoms with Crippen LogP contribution in [0.3, 0.4) is 0 Å². The molecule has 1 amide bonds. The minimum absolute atomic E-state index is 0.0198. The number of thioether (sulfide) groups is 2. The van der Waals surface area contributed by atoms with Crippen molar-refractivity contribution >= 4 is 33.9 Å². The zero-order valence-electron chi connectivity index (χ0n) is 13.6. The number of benzene rings is 2. The molecule has 1 aliphatic heterocycles. The molecule has 0 spiro atoms. The third-order valence-electron chi connectivity index (χ3n) is 3.89. The van der Waals surface area contributed by atoms with Gasteiger partial charge in [0, 0.05) is 12.3 Å². The van der Waals surface area contributed by atoms with Gasteiger partial charge < -0.3 is 0 Å². The summed E-state index contributed by atoms with van der Waals surface area (Å²) in [6.07, 6.45) is 2.65. The SMILES string of the molecule is CSC(=O)N1CCS/C1=N\C(Cc1ccccc1)c1ccccc1. The Morgan fingerprint density at radius 3 is 2.50 bits per heavy atom. The van der Waals surface area contributed by atoms with Crippen LogP contribution in [0.2, 0.25) is 0 Å². The molecule has 124 valence electrons. The predicted octanol–water partition coefficient (Wildman–Crippen LogP) is 4.86. The van der Waals surface area contributed by atoms with Gasteiger partial charge in [0.05, 0.1) is 6.04 Å². The summed E-state index contributed by atoms with van der Waals surface area (Å²) in [5.74, 6) is 0.915. The van der Waals surface area contributed by atoms with Gasteiger partial charge in [-0.15, -0.1) is 0 Å². The van der Waals surface area contributed by atoms with Crippen molar-refractivity contribution in [2.24, 2.45) is 4.99 Å². The second-order valence-corrected chi connectivity index (χ2v) is 7.32. The van der Waals surface area contributed by atoms with Crippen LogP contribution in [0.25, 0.3) is 0 Å². The summed E-state index contributed by atoms with van der Waals surface area (Å²) in [6.45, 7) is 0.746. The molecule has 0 aliphatic carbocycles. The first-order valence-corrected chi connectivity index (χ1v) is 10.1. The standard InChI is InChI=1S/C19H20N2OS2/c1-23-19(22)21-12-13-24-18(21)20-17(16-10-6-3-7-11-16)14-15-8-4-2-5-9-15/h2-11,17H,12-14H2,1H3/b20-18-. The monoisotopic (exact) mass is 356 g/mol. The highest BCUT2D eigenvalue weighted by molar-refractivity contribution is 8.15. The lowest BCUT2D eigenvalue weighted by atomic mass is 9.99. The van der Waals surface area contributed by atoms with Gasteiger partial charge in [0.2, 0.25) is 0 Å². The molecule has 2 aromatic carbocycles. The number of hydrogen-bond acceptors (Lipinski definition) is 4. The lowest BCUT2D eigenvalue weighted by molar-refractivity contribution is 0.246. The van der Waals surface area contributed by atoms with E-state index in [2.05, 4.69) is 36.4 Å². The molecule has 24 heavy (non-hydrogen) atoms. The summed E-state index contributed by atoms with van der Waals surface area (Å²) in [4.78, 5) is 18.9. The Kier molecular flexibility index (Phi) is 5.99. The Morgan fingerprint density at radius 1 is 1.17 bits per heavy atom. The van der Waals surface area contributed by atoms with Crippen molar-refractivity contribution in [3.8, 4) is 0 Å². The quantitative estimate of drug-likeness (QED) is 0.784. The van der Waals surface area contributed by atoms with Crippen LogP contribution in [0.1, 0.15) is 17.2 Å². The second kappa shape index (κ2) is 8.40. The lowest BCUT2D eigenvalue weighted by Crippen LogP contribution is -2.28. The fourth-order valence-electron chi connectivity index (χ4n) is 2.67. The molecule has 2 aromatic rings. The van der Waals surface area contributed by atoms with E-state index in [4.69, 9.17) is 4.99 Å². The normalized spacial score (nSPS) is 17.2. The Hall–Kier alpha value is -1.72. The van der Waals surface area contributed by atoms with Crippen molar-refractivity contribution in [2.45, 2.75) is 12.5 Å². The second-order valence-electron chi connectivity index (χ2n) is 5.50. The first kappa shape index (κ1) is 17.1. The molecule has 1 atom stereocenters. The Bertz CT molecular complexity index is 704. The molecule has 5 heteroatoms. The van der Waals surface area contributed by atoms with Crippen molar-refractivity contribution in [2.75, 3.05) is 18.6 Å². The number of hydrogen-bond donors (Lipinski definition) is 0. The van der Waals surface area contributed by atoms with Gasteiger partial charge in [-0.1, -0.05) is 84.2 Å². The Morgan fingerprint density at radius 2 is 1.83 bits per heavy atom. The van der Waals surface area contributed by atoms with Crippen LogP contribution in [0, 0.1) is 0 Å². The van der Waals surface area contributed by atoms with Gasteiger partial charge in [-0.05, 0) is 23.8 Å².